The summed E-state index contributed by atoms with van der Waals surface area (Å²) in [5.74, 6) is 1.16. The first-order valence-corrected chi connectivity index (χ1v) is 7.69. The number of benzene rings is 1. The first kappa shape index (κ1) is 15.9. The van der Waals surface area contributed by atoms with Crippen molar-refractivity contribution in [1.29, 1.82) is 0 Å². The molecule has 0 radical (unpaired) electrons. The van der Waals surface area contributed by atoms with Gasteiger partial charge in [-0.1, -0.05) is 32.9 Å². The lowest BCUT2D eigenvalue weighted by Gasteiger charge is -2.25. The highest BCUT2D eigenvalue weighted by molar-refractivity contribution is 9.10. The Morgan fingerprint density at radius 1 is 1.19 bits per heavy atom. The van der Waals surface area contributed by atoms with Crippen molar-refractivity contribution in [2.75, 3.05) is 11.4 Å². The minimum atomic E-state index is -0.258. The van der Waals surface area contributed by atoms with Crippen LogP contribution in [0.1, 0.15) is 33.5 Å². The molecule has 0 aliphatic carbocycles. The molecule has 2 aromatic rings. The summed E-state index contributed by atoms with van der Waals surface area (Å²) >= 11 is 3.42. The maximum Gasteiger partial charge on any atom is 0.146 e. The normalized spacial score (nSPS) is 11.5. The van der Waals surface area contributed by atoms with E-state index in [0.717, 1.165) is 5.82 Å². The van der Waals surface area contributed by atoms with Crippen LogP contribution in [-0.2, 0) is 5.41 Å². The zero-order valence-corrected chi connectivity index (χ0v) is 14.3. The van der Waals surface area contributed by atoms with Crippen LogP contribution >= 0.6 is 15.9 Å². The minimum absolute atomic E-state index is 0.173. The largest absolute Gasteiger partial charge is 0.324 e. The summed E-state index contributed by atoms with van der Waals surface area (Å²) in [6, 6.07) is 8.53. The molecule has 0 spiro atoms. The number of hydrogen-bond acceptors (Lipinski definition) is 3. The number of para-hydroxylation sites is 1. The molecular weight excluding hydrogens is 333 g/mol. The van der Waals surface area contributed by atoms with E-state index in [-0.39, 0.29) is 11.2 Å². The SMILES string of the molecule is CCN(c1cc(Br)nc(C(C)(C)C)n1)c1ccccc1F. The first-order chi connectivity index (χ1) is 9.82. The number of halogens is 2. The molecule has 0 amide bonds. The molecule has 0 aliphatic heterocycles. The van der Waals surface area contributed by atoms with Crippen LogP contribution in [0, 0.1) is 5.82 Å². The van der Waals surface area contributed by atoms with Gasteiger partial charge in [-0.15, -0.1) is 0 Å². The van der Waals surface area contributed by atoms with E-state index in [1.807, 2.05) is 24.0 Å². The molecule has 0 saturated carbocycles. The van der Waals surface area contributed by atoms with E-state index in [0.29, 0.717) is 22.7 Å². The average molecular weight is 352 g/mol. The van der Waals surface area contributed by atoms with Crippen LogP contribution in [0.25, 0.3) is 0 Å². The molecule has 112 valence electrons. The highest BCUT2D eigenvalue weighted by Crippen LogP contribution is 2.29. The summed E-state index contributed by atoms with van der Waals surface area (Å²) in [4.78, 5) is 10.9. The molecule has 2 rings (SSSR count). The van der Waals surface area contributed by atoms with Crippen molar-refractivity contribution >= 4 is 27.4 Å². The fraction of sp³-hybridized carbons (Fsp3) is 0.375. The van der Waals surface area contributed by atoms with Gasteiger partial charge in [0, 0.05) is 18.0 Å². The highest BCUT2D eigenvalue weighted by atomic mass is 79.9. The Morgan fingerprint density at radius 3 is 2.43 bits per heavy atom. The summed E-state index contributed by atoms with van der Waals surface area (Å²) in [5, 5.41) is 0. The second-order valence-electron chi connectivity index (χ2n) is 5.82. The summed E-state index contributed by atoms with van der Waals surface area (Å²) in [7, 11) is 0. The second kappa shape index (κ2) is 6.10. The van der Waals surface area contributed by atoms with Gasteiger partial charge in [0.25, 0.3) is 0 Å². The number of anilines is 2. The van der Waals surface area contributed by atoms with Crippen molar-refractivity contribution in [2.24, 2.45) is 0 Å². The van der Waals surface area contributed by atoms with E-state index in [4.69, 9.17) is 0 Å². The van der Waals surface area contributed by atoms with Crippen molar-refractivity contribution in [3.63, 3.8) is 0 Å². The number of rotatable bonds is 3. The van der Waals surface area contributed by atoms with Gasteiger partial charge in [0.15, 0.2) is 0 Å². The Hall–Kier alpha value is -1.49. The Labute approximate surface area is 133 Å². The number of aromatic nitrogens is 2. The van der Waals surface area contributed by atoms with E-state index >= 15 is 0 Å². The van der Waals surface area contributed by atoms with Crippen LogP contribution in [0.3, 0.4) is 0 Å². The third-order valence-corrected chi connectivity index (χ3v) is 3.49. The molecule has 1 aromatic heterocycles. The molecule has 3 nitrogen and oxygen atoms in total. The van der Waals surface area contributed by atoms with Gasteiger partial charge in [0.1, 0.15) is 22.1 Å². The third kappa shape index (κ3) is 3.59. The standard InChI is InChI=1S/C16H19BrFN3/c1-5-21(12-9-7-6-8-11(12)18)14-10-13(17)19-15(20-14)16(2,3)4/h6-10H,5H2,1-4H3. The molecule has 0 aliphatic rings. The monoisotopic (exact) mass is 351 g/mol. The van der Waals surface area contributed by atoms with Crippen molar-refractivity contribution in [3.8, 4) is 0 Å². The van der Waals surface area contributed by atoms with Crippen LogP contribution in [0.15, 0.2) is 34.9 Å². The Balaban J connectivity index is 2.53. The van der Waals surface area contributed by atoms with Crippen molar-refractivity contribution < 1.29 is 4.39 Å². The van der Waals surface area contributed by atoms with E-state index in [1.165, 1.54) is 6.07 Å². The fourth-order valence-electron chi connectivity index (χ4n) is 2.01. The molecule has 1 aromatic carbocycles. The summed E-state index contributed by atoms with van der Waals surface area (Å²) in [6.45, 7) is 8.75. The fourth-order valence-corrected chi connectivity index (χ4v) is 2.38. The second-order valence-corrected chi connectivity index (χ2v) is 6.63. The van der Waals surface area contributed by atoms with E-state index in [2.05, 4.69) is 46.7 Å². The molecule has 0 saturated heterocycles. The van der Waals surface area contributed by atoms with Crippen molar-refractivity contribution in [2.45, 2.75) is 33.1 Å². The zero-order chi connectivity index (χ0) is 15.6. The maximum absolute atomic E-state index is 14.1. The van der Waals surface area contributed by atoms with Crippen LogP contribution in [-0.4, -0.2) is 16.5 Å². The Kier molecular flexibility index (Phi) is 4.61. The molecular formula is C16H19BrFN3. The van der Waals surface area contributed by atoms with Crippen LogP contribution in [0.4, 0.5) is 15.9 Å². The minimum Gasteiger partial charge on any atom is -0.324 e. The maximum atomic E-state index is 14.1. The Bertz CT molecular complexity index is 638. The Morgan fingerprint density at radius 2 is 1.86 bits per heavy atom. The first-order valence-electron chi connectivity index (χ1n) is 6.90. The predicted octanol–water partition coefficient (Wildman–Crippen LogP) is 4.83. The number of hydrogen-bond donors (Lipinski definition) is 0. The molecule has 5 heteroatoms. The summed E-state index contributed by atoms with van der Waals surface area (Å²) in [6.07, 6.45) is 0. The number of nitrogens with zero attached hydrogens (tertiary/aromatic N) is 3. The van der Waals surface area contributed by atoms with Gasteiger partial charge in [-0.2, -0.15) is 0 Å². The lowest BCUT2D eigenvalue weighted by atomic mass is 9.96. The van der Waals surface area contributed by atoms with E-state index < -0.39 is 0 Å². The molecule has 0 bridgehead atoms. The van der Waals surface area contributed by atoms with Gasteiger partial charge in [0.2, 0.25) is 0 Å². The van der Waals surface area contributed by atoms with Gasteiger partial charge in [-0.05, 0) is 35.0 Å². The van der Waals surface area contributed by atoms with Crippen molar-refractivity contribution in [3.05, 3.63) is 46.6 Å². The quantitative estimate of drug-likeness (QED) is 0.741. The van der Waals surface area contributed by atoms with Gasteiger partial charge in [-0.25, -0.2) is 14.4 Å². The van der Waals surface area contributed by atoms with Crippen LogP contribution in [0.5, 0.6) is 0 Å². The summed E-state index contributed by atoms with van der Waals surface area (Å²) in [5.41, 5.74) is 0.346. The van der Waals surface area contributed by atoms with Crippen LogP contribution in [0.2, 0.25) is 0 Å². The molecule has 0 fully saturated rings. The lowest BCUT2D eigenvalue weighted by molar-refractivity contribution is 0.543. The topological polar surface area (TPSA) is 29.0 Å². The van der Waals surface area contributed by atoms with Gasteiger partial charge in [0.05, 0.1) is 5.69 Å². The highest BCUT2D eigenvalue weighted by Gasteiger charge is 2.21. The van der Waals surface area contributed by atoms with Crippen molar-refractivity contribution in [1.82, 2.24) is 9.97 Å². The van der Waals surface area contributed by atoms with Gasteiger partial charge < -0.3 is 4.90 Å². The predicted molar refractivity (Wildman–Crippen MR) is 87.5 cm³/mol. The van der Waals surface area contributed by atoms with Gasteiger partial charge in [-0.3, -0.25) is 0 Å². The lowest BCUT2D eigenvalue weighted by Crippen LogP contribution is -2.22. The zero-order valence-electron chi connectivity index (χ0n) is 12.7. The van der Waals surface area contributed by atoms with E-state index in [9.17, 15) is 4.39 Å². The van der Waals surface area contributed by atoms with E-state index in [1.54, 1.807) is 12.1 Å². The molecule has 21 heavy (non-hydrogen) atoms. The smallest absolute Gasteiger partial charge is 0.146 e. The molecule has 0 N–H and O–H groups in total. The molecule has 0 atom stereocenters. The summed E-state index contributed by atoms with van der Waals surface area (Å²) < 4.78 is 14.8. The van der Waals surface area contributed by atoms with Gasteiger partial charge >= 0.3 is 0 Å². The molecule has 1 heterocycles. The molecule has 0 unspecified atom stereocenters. The average Bonchev–Trinajstić information content (AvgIpc) is 2.40. The van der Waals surface area contributed by atoms with Crippen LogP contribution < -0.4 is 4.90 Å². The third-order valence-electron chi connectivity index (χ3n) is 3.09.